The third-order valence-electron chi connectivity index (χ3n) is 3.67. The Bertz CT molecular complexity index is 391. The predicted octanol–water partition coefficient (Wildman–Crippen LogP) is 2.42. The average Bonchev–Trinajstić information content (AvgIpc) is 2.18. The second kappa shape index (κ2) is 3.92. The average molecular weight is 220 g/mol. The van der Waals surface area contributed by atoms with Crippen molar-refractivity contribution in [2.24, 2.45) is 0 Å². The molecule has 1 aliphatic carbocycles. The Labute approximate surface area is 96.7 Å². The lowest BCUT2D eigenvalue weighted by molar-refractivity contribution is 0.268. The van der Waals surface area contributed by atoms with Gasteiger partial charge >= 0.3 is 0 Å². The van der Waals surface area contributed by atoms with Crippen molar-refractivity contribution in [3.8, 4) is 0 Å². The van der Waals surface area contributed by atoms with Crippen LogP contribution in [-0.4, -0.2) is 15.5 Å². The fourth-order valence-corrected chi connectivity index (χ4v) is 2.19. The molecule has 0 bridgehead atoms. The molecule has 1 aromatic heterocycles. The lowest BCUT2D eigenvalue weighted by Gasteiger charge is -2.42. The number of nitrogens with two attached hydrogens (primary N) is 1. The molecule has 1 aliphatic rings. The van der Waals surface area contributed by atoms with Crippen molar-refractivity contribution in [1.29, 1.82) is 0 Å². The minimum atomic E-state index is 0.248. The Morgan fingerprint density at radius 2 is 2.00 bits per heavy atom. The summed E-state index contributed by atoms with van der Waals surface area (Å²) in [5.41, 5.74) is 7.06. The van der Waals surface area contributed by atoms with E-state index in [0.29, 0.717) is 5.82 Å². The number of nitrogen functional groups attached to an aromatic ring is 1. The van der Waals surface area contributed by atoms with Crippen LogP contribution in [-0.2, 0) is 0 Å². The molecule has 3 N–H and O–H groups in total. The number of hydrogen-bond donors (Lipinski definition) is 2. The van der Waals surface area contributed by atoms with Crippen LogP contribution in [0.3, 0.4) is 0 Å². The highest BCUT2D eigenvalue weighted by molar-refractivity contribution is 5.56. The van der Waals surface area contributed by atoms with Crippen LogP contribution in [0, 0.1) is 13.8 Å². The SMILES string of the molecule is CCC1(Nc2nc(C)nc(N)c2C)CCC1. The smallest absolute Gasteiger partial charge is 0.135 e. The monoisotopic (exact) mass is 220 g/mol. The van der Waals surface area contributed by atoms with Crippen molar-refractivity contribution >= 4 is 11.6 Å². The topological polar surface area (TPSA) is 63.8 Å². The molecule has 0 amide bonds. The van der Waals surface area contributed by atoms with Crippen LogP contribution in [0.5, 0.6) is 0 Å². The molecule has 0 aromatic carbocycles. The van der Waals surface area contributed by atoms with E-state index in [0.717, 1.165) is 23.6 Å². The standard InChI is InChI=1S/C12H20N4/c1-4-12(6-5-7-12)16-11-8(2)10(13)14-9(3)15-11/h4-7H2,1-3H3,(H3,13,14,15,16). The van der Waals surface area contributed by atoms with Gasteiger partial charge in [-0.15, -0.1) is 0 Å². The van der Waals surface area contributed by atoms with Crippen LogP contribution in [0.4, 0.5) is 11.6 Å². The number of aryl methyl sites for hydroxylation is 1. The molecular formula is C12H20N4. The van der Waals surface area contributed by atoms with E-state index in [2.05, 4.69) is 22.2 Å². The highest BCUT2D eigenvalue weighted by Crippen LogP contribution is 2.38. The molecule has 2 rings (SSSR count). The number of anilines is 2. The number of nitrogens with one attached hydrogen (secondary N) is 1. The molecule has 88 valence electrons. The van der Waals surface area contributed by atoms with Gasteiger partial charge in [-0.1, -0.05) is 6.92 Å². The zero-order chi connectivity index (χ0) is 11.8. The fraction of sp³-hybridized carbons (Fsp3) is 0.667. The van der Waals surface area contributed by atoms with E-state index in [1.807, 2.05) is 13.8 Å². The minimum absolute atomic E-state index is 0.248. The number of hydrogen-bond acceptors (Lipinski definition) is 4. The summed E-state index contributed by atoms with van der Waals surface area (Å²) in [6, 6.07) is 0. The normalized spacial score (nSPS) is 17.9. The van der Waals surface area contributed by atoms with Crippen molar-refractivity contribution in [3.63, 3.8) is 0 Å². The summed E-state index contributed by atoms with van der Waals surface area (Å²) < 4.78 is 0. The first kappa shape index (κ1) is 11.2. The molecule has 1 aromatic rings. The van der Waals surface area contributed by atoms with Gasteiger partial charge < -0.3 is 11.1 Å². The third-order valence-corrected chi connectivity index (χ3v) is 3.67. The quantitative estimate of drug-likeness (QED) is 0.821. The van der Waals surface area contributed by atoms with Gasteiger partial charge in [-0.25, -0.2) is 9.97 Å². The van der Waals surface area contributed by atoms with Gasteiger partial charge in [0.2, 0.25) is 0 Å². The van der Waals surface area contributed by atoms with Gasteiger partial charge in [0.15, 0.2) is 0 Å². The second-order valence-corrected chi connectivity index (χ2v) is 4.74. The summed E-state index contributed by atoms with van der Waals surface area (Å²) >= 11 is 0. The van der Waals surface area contributed by atoms with Crippen LogP contribution < -0.4 is 11.1 Å². The molecule has 0 unspecified atom stereocenters. The number of rotatable bonds is 3. The molecule has 0 atom stereocenters. The molecule has 4 heteroatoms. The zero-order valence-electron chi connectivity index (χ0n) is 10.3. The Hall–Kier alpha value is -1.32. The lowest BCUT2D eigenvalue weighted by atomic mass is 9.75. The summed E-state index contributed by atoms with van der Waals surface area (Å²) in [7, 11) is 0. The predicted molar refractivity (Wildman–Crippen MR) is 66.4 cm³/mol. The zero-order valence-corrected chi connectivity index (χ0v) is 10.3. The van der Waals surface area contributed by atoms with E-state index < -0.39 is 0 Å². The Kier molecular flexibility index (Phi) is 2.74. The summed E-state index contributed by atoms with van der Waals surface area (Å²) in [5, 5.41) is 3.56. The van der Waals surface area contributed by atoms with Gasteiger partial charge in [-0.05, 0) is 39.5 Å². The van der Waals surface area contributed by atoms with Gasteiger partial charge in [0.25, 0.3) is 0 Å². The van der Waals surface area contributed by atoms with Crippen molar-refractivity contribution in [1.82, 2.24) is 9.97 Å². The third kappa shape index (κ3) is 1.84. The summed E-state index contributed by atoms with van der Waals surface area (Å²) in [6.07, 6.45) is 4.90. The van der Waals surface area contributed by atoms with Crippen molar-refractivity contribution < 1.29 is 0 Å². The molecular weight excluding hydrogens is 200 g/mol. The summed E-state index contributed by atoms with van der Waals surface area (Å²) in [4.78, 5) is 8.61. The Morgan fingerprint density at radius 3 is 2.50 bits per heavy atom. The molecule has 1 heterocycles. The molecule has 0 saturated heterocycles. The lowest BCUT2D eigenvalue weighted by Crippen LogP contribution is -2.44. The van der Waals surface area contributed by atoms with Crippen molar-refractivity contribution in [2.45, 2.75) is 52.0 Å². The van der Waals surface area contributed by atoms with Crippen LogP contribution in [0.15, 0.2) is 0 Å². The number of nitrogens with zero attached hydrogens (tertiary/aromatic N) is 2. The summed E-state index contributed by atoms with van der Waals surface area (Å²) in [6.45, 7) is 6.07. The largest absolute Gasteiger partial charge is 0.383 e. The van der Waals surface area contributed by atoms with E-state index in [-0.39, 0.29) is 5.54 Å². The van der Waals surface area contributed by atoms with Crippen LogP contribution in [0.25, 0.3) is 0 Å². The number of aromatic nitrogens is 2. The maximum atomic E-state index is 5.85. The van der Waals surface area contributed by atoms with E-state index in [9.17, 15) is 0 Å². The van der Waals surface area contributed by atoms with Crippen molar-refractivity contribution in [3.05, 3.63) is 11.4 Å². The first-order valence-electron chi connectivity index (χ1n) is 5.95. The molecule has 1 fully saturated rings. The molecule has 1 saturated carbocycles. The molecule has 4 nitrogen and oxygen atoms in total. The maximum absolute atomic E-state index is 5.85. The van der Waals surface area contributed by atoms with Gasteiger partial charge in [-0.3, -0.25) is 0 Å². The molecule has 0 spiro atoms. The van der Waals surface area contributed by atoms with Crippen LogP contribution >= 0.6 is 0 Å². The van der Waals surface area contributed by atoms with E-state index >= 15 is 0 Å². The molecule has 0 aliphatic heterocycles. The Morgan fingerprint density at radius 1 is 1.31 bits per heavy atom. The first-order chi connectivity index (χ1) is 7.56. The van der Waals surface area contributed by atoms with Gasteiger partial charge in [0.1, 0.15) is 17.5 Å². The first-order valence-corrected chi connectivity index (χ1v) is 5.95. The summed E-state index contributed by atoms with van der Waals surface area (Å²) in [5.74, 6) is 2.23. The van der Waals surface area contributed by atoms with Crippen LogP contribution in [0.1, 0.15) is 44.0 Å². The van der Waals surface area contributed by atoms with E-state index in [1.54, 1.807) is 0 Å². The van der Waals surface area contributed by atoms with Crippen molar-refractivity contribution in [2.75, 3.05) is 11.1 Å². The maximum Gasteiger partial charge on any atom is 0.135 e. The van der Waals surface area contributed by atoms with Gasteiger partial charge in [0.05, 0.1) is 0 Å². The second-order valence-electron chi connectivity index (χ2n) is 4.74. The molecule has 16 heavy (non-hydrogen) atoms. The van der Waals surface area contributed by atoms with E-state index in [1.165, 1.54) is 19.3 Å². The highest BCUT2D eigenvalue weighted by Gasteiger charge is 2.35. The van der Waals surface area contributed by atoms with Gasteiger partial charge in [0, 0.05) is 11.1 Å². The minimum Gasteiger partial charge on any atom is -0.383 e. The van der Waals surface area contributed by atoms with Gasteiger partial charge in [-0.2, -0.15) is 0 Å². The molecule has 0 radical (unpaired) electrons. The van der Waals surface area contributed by atoms with Crippen LogP contribution in [0.2, 0.25) is 0 Å². The highest BCUT2D eigenvalue weighted by atomic mass is 15.1. The Balaban J connectivity index is 2.27. The fourth-order valence-electron chi connectivity index (χ4n) is 2.19. The van der Waals surface area contributed by atoms with E-state index in [4.69, 9.17) is 5.73 Å².